The number of unbranched alkanes of at least 4 members (excludes halogenated alkanes) is 1. The molecule has 0 bridgehead atoms. The predicted molar refractivity (Wildman–Crippen MR) is 61.8 cm³/mol. The van der Waals surface area contributed by atoms with E-state index in [1.54, 1.807) is 0 Å². The Morgan fingerprint density at radius 3 is 2.13 bits per heavy atom. The van der Waals surface area contributed by atoms with Gasteiger partial charge in [-0.15, -0.1) is 0 Å². The molecule has 0 spiro atoms. The first-order valence-corrected chi connectivity index (χ1v) is 6.15. The van der Waals surface area contributed by atoms with E-state index in [1.807, 2.05) is 0 Å². The van der Waals surface area contributed by atoms with E-state index in [1.165, 1.54) is 0 Å². The van der Waals surface area contributed by atoms with Crippen molar-refractivity contribution in [2.75, 3.05) is 0 Å². The van der Waals surface area contributed by atoms with Crippen molar-refractivity contribution < 1.29 is 9.90 Å². The van der Waals surface area contributed by atoms with Gasteiger partial charge in [-0.1, -0.05) is 33.6 Å². The van der Waals surface area contributed by atoms with Crippen LogP contribution < -0.4 is 0 Å². The molecule has 1 fully saturated rings. The summed E-state index contributed by atoms with van der Waals surface area (Å²) in [5, 5.41) is 9.39. The van der Waals surface area contributed by atoms with Crippen molar-refractivity contribution in [3.8, 4) is 0 Å². The Kier molecular flexibility index (Phi) is 3.80. The monoisotopic (exact) mass is 212 g/mol. The van der Waals surface area contributed by atoms with Gasteiger partial charge in [0.2, 0.25) is 0 Å². The van der Waals surface area contributed by atoms with E-state index in [4.69, 9.17) is 0 Å². The Hall–Kier alpha value is -0.530. The molecule has 0 amide bonds. The molecule has 1 rings (SSSR count). The third-order valence-corrected chi connectivity index (χ3v) is 4.02. The lowest BCUT2D eigenvalue weighted by Gasteiger charge is -2.41. The van der Waals surface area contributed by atoms with Gasteiger partial charge in [-0.05, 0) is 37.5 Å². The number of carboxylic acids is 1. The SMILES string of the molecule is CCCCC1(C(=O)O)CCC(C)(C)CC1. The average molecular weight is 212 g/mol. The first-order chi connectivity index (χ1) is 6.92. The second-order valence-electron chi connectivity index (χ2n) is 5.85. The molecule has 1 aliphatic rings. The Balaban J connectivity index is 2.65. The average Bonchev–Trinajstić information content (AvgIpc) is 2.16. The highest BCUT2D eigenvalue weighted by Gasteiger charge is 2.43. The molecule has 0 radical (unpaired) electrons. The molecule has 0 aromatic heterocycles. The largest absolute Gasteiger partial charge is 0.481 e. The van der Waals surface area contributed by atoms with Gasteiger partial charge >= 0.3 is 5.97 Å². The number of aliphatic carboxylic acids is 1. The van der Waals surface area contributed by atoms with Gasteiger partial charge in [0, 0.05) is 0 Å². The van der Waals surface area contributed by atoms with E-state index >= 15 is 0 Å². The minimum Gasteiger partial charge on any atom is -0.481 e. The van der Waals surface area contributed by atoms with Crippen LogP contribution in [0.25, 0.3) is 0 Å². The lowest BCUT2D eigenvalue weighted by Crippen LogP contribution is -2.37. The van der Waals surface area contributed by atoms with Gasteiger partial charge in [0.05, 0.1) is 5.41 Å². The summed E-state index contributed by atoms with van der Waals surface area (Å²) in [5.41, 5.74) is -0.0449. The maximum absolute atomic E-state index is 11.4. The van der Waals surface area contributed by atoms with Crippen LogP contribution in [-0.2, 0) is 4.79 Å². The topological polar surface area (TPSA) is 37.3 Å². The minimum absolute atomic E-state index is 0.352. The van der Waals surface area contributed by atoms with Gasteiger partial charge in [0.25, 0.3) is 0 Å². The Labute approximate surface area is 93.1 Å². The molecule has 0 aliphatic heterocycles. The molecule has 0 aromatic rings. The predicted octanol–water partition coefficient (Wildman–Crippen LogP) is 3.85. The second kappa shape index (κ2) is 4.54. The number of carbonyl (C=O) groups is 1. The lowest BCUT2D eigenvalue weighted by atomic mass is 9.63. The molecular weight excluding hydrogens is 188 g/mol. The van der Waals surface area contributed by atoms with Crippen molar-refractivity contribution in [1.82, 2.24) is 0 Å². The maximum atomic E-state index is 11.4. The standard InChI is InChI=1S/C13H24O2/c1-4-5-6-13(11(14)15)9-7-12(2,3)8-10-13/h4-10H2,1-3H3,(H,14,15). The van der Waals surface area contributed by atoms with Crippen molar-refractivity contribution in [2.24, 2.45) is 10.8 Å². The van der Waals surface area contributed by atoms with Crippen LogP contribution in [0.1, 0.15) is 65.7 Å². The van der Waals surface area contributed by atoms with E-state index in [2.05, 4.69) is 20.8 Å². The molecule has 0 unspecified atom stereocenters. The first kappa shape index (κ1) is 12.5. The van der Waals surface area contributed by atoms with E-state index in [0.29, 0.717) is 5.41 Å². The van der Waals surface area contributed by atoms with Gasteiger partial charge in [-0.3, -0.25) is 4.79 Å². The third-order valence-electron chi connectivity index (χ3n) is 4.02. The highest BCUT2D eigenvalue weighted by atomic mass is 16.4. The van der Waals surface area contributed by atoms with Crippen LogP contribution >= 0.6 is 0 Å². The Bertz CT molecular complexity index is 221. The normalized spacial score (nSPS) is 23.7. The highest BCUT2D eigenvalue weighted by molar-refractivity contribution is 5.74. The van der Waals surface area contributed by atoms with Gasteiger partial charge in [0.1, 0.15) is 0 Å². The van der Waals surface area contributed by atoms with Crippen LogP contribution in [0, 0.1) is 10.8 Å². The summed E-state index contributed by atoms with van der Waals surface area (Å²) in [6.07, 6.45) is 6.87. The first-order valence-electron chi connectivity index (χ1n) is 6.15. The molecule has 1 N–H and O–H groups in total. The fourth-order valence-corrected chi connectivity index (χ4v) is 2.49. The fourth-order valence-electron chi connectivity index (χ4n) is 2.49. The molecule has 0 saturated heterocycles. The molecule has 1 saturated carbocycles. The Morgan fingerprint density at radius 1 is 1.20 bits per heavy atom. The third kappa shape index (κ3) is 2.96. The summed E-state index contributed by atoms with van der Waals surface area (Å²) >= 11 is 0. The lowest BCUT2D eigenvalue weighted by molar-refractivity contribution is -0.153. The van der Waals surface area contributed by atoms with Crippen LogP contribution in [0.3, 0.4) is 0 Å². The quantitative estimate of drug-likeness (QED) is 0.768. The molecule has 2 nitrogen and oxygen atoms in total. The van der Waals surface area contributed by atoms with Crippen molar-refractivity contribution in [1.29, 1.82) is 0 Å². The van der Waals surface area contributed by atoms with Crippen LogP contribution in [0.15, 0.2) is 0 Å². The molecule has 0 aromatic carbocycles. The van der Waals surface area contributed by atoms with Crippen LogP contribution in [0.4, 0.5) is 0 Å². The Morgan fingerprint density at radius 2 is 1.73 bits per heavy atom. The fraction of sp³-hybridized carbons (Fsp3) is 0.923. The smallest absolute Gasteiger partial charge is 0.309 e. The highest BCUT2D eigenvalue weighted by Crippen LogP contribution is 2.47. The molecule has 15 heavy (non-hydrogen) atoms. The summed E-state index contributed by atoms with van der Waals surface area (Å²) in [6.45, 7) is 6.62. The summed E-state index contributed by atoms with van der Waals surface area (Å²) < 4.78 is 0. The molecule has 0 atom stereocenters. The zero-order valence-corrected chi connectivity index (χ0v) is 10.3. The summed E-state index contributed by atoms with van der Waals surface area (Å²) in [7, 11) is 0. The van der Waals surface area contributed by atoms with Gasteiger partial charge in [-0.25, -0.2) is 0 Å². The number of hydrogen-bond acceptors (Lipinski definition) is 1. The van der Waals surface area contributed by atoms with Gasteiger partial charge < -0.3 is 5.11 Å². The molecule has 88 valence electrons. The zero-order valence-electron chi connectivity index (χ0n) is 10.3. The zero-order chi connectivity index (χ0) is 11.5. The van der Waals surface area contributed by atoms with Crippen molar-refractivity contribution in [3.05, 3.63) is 0 Å². The number of rotatable bonds is 4. The van der Waals surface area contributed by atoms with Gasteiger partial charge in [-0.2, -0.15) is 0 Å². The van der Waals surface area contributed by atoms with Crippen LogP contribution in [0.2, 0.25) is 0 Å². The van der Waals surface area contributed by atoms with Crippen molar-refractivity contribution in [2.45, 2.75) is 65.7 Å². The molecular formula is C13H24O2. The molecule has 2 heteroatoms. The van der Waals surface area contributed by atoms with E-state index < -0.39 is 11.4 Å². The number of hydrogen-bond donors (Lipinski definition) is 1. The molecule has 1 aliphatic carbocycles. The maximum Gasteiger partial charge on any atom is 0.309 e. The second-order valence-corrected chi connectivity index (χ2v) is 5.85. The number of carboxylic acid groups (broad SMARTS) is 1. The van der Waals surface area contributed by atoms with E-state index in [0.717, 1.165) is 44.9 Å². The minimum atomic E-state index is -0.563. The summed E-state index contributed by atoms with van der Waals surface area (Å²) in [4.78, 5) is 11.4. The molecule has 0 heterocycles. The van der Waals surface area contributed by atoms with Crippen molar-refractivity contribution in [3.63, 3.8) is 0 Å². The van der Waals surface area contributed by atoms with Crippen LogP contribution in [-0.4, -0.2) is 11.1 Å². The van der Waals surface area contributed by atoms with Gasteiger partial charge in [0.15, 0.2) is 0 Å². The van der Waals surface area contributed by atoms with E-state index in [9.17, 15) is 9.90 Å². The summed E-state index contributed by atoms with van der Waals surface area (Å²) in [5.74, 6) is -0.563. The summed E-state index contributed by atoms with van der Waals surface area (Å²) in [6, 6.07) is 0. The van der Waals surface area contributed by atoms with E-state index in [-0.39, 0.29) is 0 Å². The van der Waals surface area contributed by atoms with Crippen LogP contribution in [0.5, 0.6) is 0 Å². The van der Waals surface area contributed by atoms with Crippen molar-refractivity contribution >= 4 is 5.97 Å².